The van der Waals surface area contributed by atoms with E-state index in [2.05, 4.69) is 5.32 Å². The summed E-state index contributed by atoms with van der Waals surface area (Å²) in [5.74, 6) is -0.418. The summed E-state index contributed by atoms with van der Waals surface area (Å²) in [6.45, 7) is 1.21. The first-order valence-corrected chi connectivity index (χ1v) is 6.35. The van der Waals surface area contributed by atoms with Crippen molar-refractivity contribution in [1.82, 2.24) is 5.32 Å². The van der Waals surface area contributed by atoms with E-state index in [9.17, 15) is 12.8 Å². The van der Waals surface area contributed by atoms with Gasteiger partial charge in [-0.25, -0.2) is 12.8 Å². The SMILES string of the molecule is Cl.O=S(=O)(c1ccc(F)cc1)C1CCNC1. The maximum Gasteiger partial charge on any atom is 0.182 e. The summed E-state index contributed by atoms with van der Waals surface area (Å²) >= 11 is 0. The molecule has 1 atom stereocenters. The van der Waals surface area contributed by atoms with Gasteiger partial charge in [-0.3, -0.25) is 0 Å². The maximum absolute atomic E-state index is 12.6. The second-order valence-electron chi connectivity index (χ2n) is 3.61. The minimum atomic E-state index is -3.28. The van der Waals surface area contributed by atoms with Gasteiger partial charge in [0, 0.05) is 6.54 Å². The second kappa shape index (κ2) is 5.12. The van der Waals surface area contributed by atoms with Crippen molar-refractivity contribution >= 4 is 22.2 Å². The van der Waals surface area contributed by atoms with E-state index in [0.29, 0.717) is 13.0 Å². The van der Waals surface area contributed by atoms with Crippen LogP contribution in [0.4, 0.5) is 4.39 Å². The van der Waals surface area contributed by atoms with Gasteiger partial charge in [0.05, 0.1) is 10.1 Å². The molecule has 1 N–H and O–H groups in total. The van der Waals surface area contributed by atoms with Crippen LogP contribution in [0.1, 0.15) is 6.42 Å². The molecule has 1 aliphatic heterocycles. The molecule has 16 heavy (non-hydrogen) atoms. The van der Waals surface area contributed by atoms with Crippen molar-refractivity contribution in [3.63, 3.8) is 0 Å². The minimum absolute atomic E-state index is 0. The van der Waals surface area contributed by atoms with Crippen LogP contribution in [0.2, 0.25) is 0 Å². The average Bonchev–Trinajstić information content (AvgIpc) is 2.71. The number of benzene rings is 1. The zero-order valence-electron chi connectivity index (χ0n) is 8.52. The van der Waals surface area contributed by atoms with Crippen LogP contribution in [0.5, 0.6) is 0 Å². The first kappa shape index (κ1) is 13.4. The Hall–Kier alpha value is -0.650. The van der Waals surface area contributed by atoms with Crippen LogP contribution in [0.15, 0.2) is 29.2 Å². The molecule has 1 aromatic carbocycles. The van der Waals surface area contributed by atoms with Gasteiger partial charge in [-0.2, -0.15) is 0 Å². The Morgan fingerprint density at radius 2 is 1.88 bits per heavy atom. The fourth-order valence-electron chi connectivity index (χ4n) is 1.71. The van der Waals surface area contributed by atoms with Crippen molar-refractivity contribution in [2.45, 2.75) is 16.6 Å². The van der Waals surface area contributed by atoms with E-state index in [4.69, 9.17) is 0 Å². The number of rotatable bonds is 2. The topological polar surface area (TPSA) is 46.2 Å². The Bertz CT molecular complexity index is 440. The van der Waals surface area contributed by atoms with Crippen LogP contribution in [-0.2, 0) is 9.84 Å². The summed E-state index contributed by atoms with van der Waals surface area (Å²) in [4.78, 5) is 0.206. The third kappa shape index (κ3) is 2.53. The van der Waals surface area contributed by atoms with E-state index in [-0.39, 0.29) is 22.6 Å². The fourth-order valence-corrected chi connectivity index (χ4v) is 3.38. The molecule has 6 heteroatoms. The van der Waals surface area contributed by atoms with E-state index in [1.807, 2.05) is 0 Å². The highest BCUT2D eigenvalue weighted by Gasteiger charge is 2.29. The molecule has 3 nitrogen and oxygen atoms in total. The molecule has 90 valence electrons. The third-order valence-corrected chi connectivity index (χ3v) is 4.81. The molecule has 0 spiro atoms. The molecule has 1 unspecified atom stereocenters. The lowest BCUT2D eigenvalue weighted by molar-refractivity contribution is 0.582. The lowest BCUT2D eigenvalue weighted by atomic mass is 10.3. The van der Waals surface area contributed by atoms with Gasteiger partial charge < -0.3 is 5.32 Å². The molecule has 0 amide bonds. The molecule has 1 aliphatic rings. The largest absolute Gasteiger partial charge is 0.315 e. The van der Waals surface area contributed by atoms with Crippen molar-refractivity contribution in [2.75, 3.05) is 13.1 Å². The van der Waals surface area contributed by atoms with Gasteiger partial charge in [0.1, 0.15) is 5.82 Å². The molecule has 0 radical (unpaired) electrons. The molecule has 0 aliphatic carbocycles. The zero-order chi connectivity index (χ0) is 10.9. The van der Waals surface area contributed by atoms with E-state index in [1.54, 1.807) is 0 Å². The van der Waals surface area contributed by atoms with Crippen LogP contribution in [0.3, 0.4) is 0 Å². The van der Waals surface area contributed by atoms with Crippen molar-refractivity contribution in [2.24, 2.45) is 0 Å². The summed E-state index contributed by atoms with van der Waals surface area (Å²) in [6.07, 6.45) is 0.625. The molecule has 2 rings (SSSR count). The van der Waals surface area contributed by atoms with Crippen molar-refractivity contribution in [3.8, 4) is 0 Å². The van der Waals surface area contributed by atoms with Gasteiger partial charge >= 0.3 is 0 Å². The highest BCUT2D eigenvalue weighted by atomic mass is 35.5. The average molecular weight is 266 g/mol. The first-order valence-electron chi connectivity index (χ1n) is 4.81. The minimum Gasteiger partial charge on any atom is -0.315 e. The normalized spacial score (nSPS) is 20.4. The first-order chi connectivity index (χ1) is 7.10. The molecule has 0 saturated carbocycles. The van der Waals surface area contributed by atoms with Gasteiger partial charge in [0.15, 0.2) is 9.84 Å². The van der Waals surface area contributed by atoms with Crippen LogP contribution >= 0.6 is 12.4 Å². The molecule has 1 saturated heterocycles. The Kier molecular flexibility index (Phi) is 4.29. The van der Waals surface area contributed by atoms with Crippen molar-refractivity contribution in [3.05, 3.63) is 30.1 Å². The third-order valence-electron chi connectivity index (χ3n) is 2.60. The zero-order valence-corrected chi connectivity index (χ0v) is 10.2. The van der Waals surface area contributed by atoms with Gasteiger partial charge in [0.2, 0.25) is 0 Å². The predicted octanol–water partition coefficient (Wildman–Crippen LogP) is 1.38. The standard InChI is InChI=1S/C10H12FNO2S.ClH/c11-8-1-3-9(4-2-8)15(13,14)10-5-6-12-7-10;/h1-4,10,12H,5-7H2;1H. The van der Waals surface area contributed by atoms with E-state index in [1.165, 1.54) is 24.3 Å². The Balaban J connectivity index is 0.00000128. The fraction of sp³-hybridized carbons (Fsp3) is 0.400. The summed E-state index contributed by atoms with van der Waals surface area (Å²) < 4.78 is 36.6. The van der Waals surface area contributed by atoms with Crippen molar-refractivity contribution in [1.29, 1.82) is 0 Å². The maximum atomic E-state index is 12.6. The molecule has 1 fully saturated rings. The van der Waals surface area contributed by atoms with Crippen LogP contribution in [0, 0.1) is 5.82 Å². The lowest BCUT2D eigenvalue weighted by Gasteiger charge is -2.09. The van der Waals surface area contributed by atoms with Gasteiger partial charge in [-0.05, 0) is 37.2 Å². The van der Waals surface area contributed by atoms with Crippen LogP contribution in [-0.4, -0.2) is 26.8 Å². The van der Waals surface area contributed by atoms with E-state index < -0.39 is 15.7 Å². The predicted molar refractivity (Wildman–Crippen MR) is 62.1 cm³/mol. The van der Waals surface area contributed by atoms with Gasteiger partial charge in [0.25, 0.3) is 0 Å². The van der Waals surface area contributed by atoms with Crippen molar-refractivity contribution < 1.29 is 12.8 Å². The number of nitrogens with one attached hydrogen (secondary N) is 1. The monoisotopic (exact) mass is 265 g/mol. The molecule has 1 heterocycles. The highest BCUT2D eigenvalue weighted by Crippen LogP contribution is 2.20. The number of hydrogen-bond acceptors (Lipinski definition) is 3. The second-order valence-corrected chi connectivity index (χ2v) is 5.84. The van der Waals surface area contributed by atoms with Crippen LogP contribution < -0.4 is 5.32 Å². The summed E-state index contributed by atoms with van der Waals surface area (Å²) in [5, 5.41) is 2.63. The number of sulfone groups is 1. The summed E-state index contributed by atoms with van der Waals surface area (Å²) in [6, 6.07) is 5.00. The van der Waals surface area contributed by atoms with E-state index in [0.717, 1.165) is 6.54 Å². The smallest absolute Gasteiger partial charge is 0.182 e. The van der Waals surface area contributed by atoms with Gasteiger partial charge in [-0.1, -0.05) is 0 Å². The summed E-state index contributed by atoms with van der Waals surface area (Å²) in [7, 11) is -3.28. The molecule has 0 bridgehead atoms. The lowest BCUT2D eigenvalue weighted by Crippen LogP contribution is -2.23. The quantitative estimate of drug-likeness (QED) is 0.822. The Labute approximate surface area is 100 Å². The van der Waals surface area contributed by atoms with Gasteiger partial charge in [-0.15, -0.1) is 12.4 Å². The molecule has 0 aromatic heterocycles. The molecular weight excluding hydrogens is 253 g/mol. The number of hydrogen-bond donors (Lipinski definition) is 1. The Morgan fingerprint density at radius 1 is 1.25 bits per heavy atom. The Morgan fingerprint density at radius 3 is 2.38 bits per heavy atom. The summed E-state index contributed by atoms with van der Waals surface area (Å²) in [5.41, 5.74) is 0. The van der Waals surface area contributed by atoms with Crippen LogP contribution in [0.25, 0.3) is 0 Å². The molecular formula is C10H13ClFNO2S. The molecule has 1 aromatic rings. The number of halogens is 2. The highest BCUT2D eigenvalue weighted by molar-refractivity contribution is 7.92. The van der Waals surface area contributed by atoms with E-state index >= 15 is 0 Å².